The number of non-ortho nitro benzene ring substituents is 1. The predicted molar refractivity (Wildman–Crippen MR) is 84.4 cm³/mol. The molecule has 0 aliphatic heterocycles. The number of nitro benzene ring substituents is 1. The summed E-state index contributed by atoms with van der Waals surface area (Å²) in [6, 6.07) is 8.11. The Labute approximate surface area is 130 Å². The van der Waals surface area contributed by atoms with Crippen molar-refractivity contribution in [2.24, 2.45) is 0 Å². The molecule has 5 heteroatoms. The molecule has 1 N–H and O–H groups in total. The molecule has 0 radical (unpaired) electrons. The van der Waals surface area contributed by atoms with E-state index in [0.717, 1.165) is 0 Å². The third-order valence-electron chi connectivity index (χ3n) is 3.68. The van der Waals surface area contributed by atoms with Crippen LogP contribution in [0.1, 0.15) is 35.3 Å². The van der Waals surface area contributed by atoms with Gasteiger partial charge in [0.2, 0.25) is 0 Å². The smallest absolute Gasteiger partial charge is 0.269 e. The van der Waals surface area contributed by atoms with Crippen LogP contribution < -0.4 is 4.74 Å². The summed E-state index contributed by atoms with van der Waals surface area (Å²) in [6.45, 7) is 3.53. The summed E-state index contributed by atoms with van der Waals surface area (Å²) in [5.74, 6) is 0.605. The molecule has 0 amide bonds. The van der Waals surface area contributed by atoms with Crippen LogP contribution >= 0.6 is 0 Å². The number of methoxy groups -OCH3 is 1. The van der Waals surface area contributed by atoms with Crippen LogP contribution in [0.5, 0.6) is 5.75 Å². The van der Waals surface area contributed by atoms with Crippen molar-refractivity contribution in [3.05, 3.63) is 68.3 Å². The Morgan fingerprint density at radius 3 is 2.36 bits per heavy atom. The van der Waals surface area contributed by atoms with Crippen molar-refractivity contribution < 1.29 is 16.1 Å². The number of benzene rings is 2. The number of ether oxygens (including phenoxy) is 1. The minimum Gasteiger partial charge on any atom is -0.496 e. The van der Waals surface area contributed by atoms with Gasteiger partial charge in [0, 0.05) is 13.5 Å². The highest BCUT2D eigenvalue weighted by molar-refractivity contribution is 5.49. The van der Waals surface area contributed by atoms with Gasteiger partial charge in [0.25, 0.3) is 5.69 Å². The molecule has 0 aliphatic rings. The van der Waals surface area contributed by atoms with Crippen LogP contribution in [0.2, 0.25) is 0 Å². The largest absolute Gasteiger partial charge is 0.496 e. The molecule has 0 heterocycles. The summed E-state index contributed by atoms with van der Waals surface area (Å²) in [4.78, 5) is 10.5. The maximum atomic E-state index is 10.9. The highest BCUT2D eigenvalue weighted by atomic mass is 16.6. The van der Waals surface area contributed by atoms with Gasteiger partial charge in [-0.3, -0.25) is 10.1 Å². The van der Waals surface area contributed by atoms with E-state index >= 15 is 0 Å². The molecule has 5 nitrogen and oxygen atoms in total. The van der Waals surface area contributed by atoms with Crippen LogP contribution in [-0.4, -0.2) is 17.1 Å². The van der Waals surface area contributed by atoms with Crippen molar-refractivity contribution in [1.82, 2.24) is 0 Å². The number of nitrogens with zero attached hydrogens (tertiary/aromatic N) is 1. The summed E-state index contributed by atoms with van der Waals surface area (Å²) in [5, 5.41) is 21.6. The summed E-state index contributed by atoms with van der Waals surface area (Å²) in [5.41, 5.74) is 3.29. The number of aryl methyl sites for hydroxylation is 3. The maximum Gasteiger partial charge on any atom is 0.269 e. The van der Waals surface area contributed by atoms with Gasteiger partial charge in [-0.25, -0.2) is 0 Å². The summed E-state index contributed by atoms with van der Waals surface area (Å²) < 4.78 is 12.7. The molecular formula is C17H19NO4. The predicted octanol–water partition coefficient (Wildman–Crippen LogP) is 3.61. The average Bonchev–Trinajstić information content (AvgIpc) is 2.53. The van der Waals surface area contributed by atoms with Crippen molar-refractivity contribution in [2.75, 3.05) is 7.11 Å². The van der Waals surface area contributed by atoms with Crippen LogP contribution in [0.15, 0.2) is 30.3 Å². The number of hydrogen-bond acceptors (Lipinski definition) is 4. The van der Waals surface area contributed by atoms with Crippen molar-refractivity contribution in [1.29, 1.82) is 0 Å². The molecule has 0 saturated heterocycles. The van der Waals surface area contributed by atoms with E-state index < -0.39 is 11.0 Å². The summed E-state index contributed by atoms with van der Waals surface area (Å²) in [7, 11) is 1.54. The van der Waals surface area contributed by atoms with Crippen LogP contribution in [0.4, 0.5) is 5.69 Å². The van der Waals surface area contributed by atoms with E-state index in [4.69, 9.17) is 6.11 Å². The molecule has 22 heavy (non-hydrogen) atoms. The number of rotatable bonds is 4. The first-order valence-electron chi connectivity index (χ1n) is 7.49. The minimum atomic E-state index is -0.910. The van der Waals surface area contributed by atoms with Crippen LogP contribution in [0, 0.1) is 30.9 Å². The number of aliphatic hydroxyl groups excluding tert-OH is 1. The standard InChI is InChI=1S/C17H19NO4/c1-10-7-13(5-6-15(10)22-4)17(19)16-11(2)8-14(18(20)21)9-12(16)3/h5-9,17,19H,1-4H3/i1D. The number of nitro groups is 1. The second-order valence-corrected chi connectivity index (χ2v) is 5.22. The fourth-order valence-corrected chi connectivity index (χ4v) is 2.62. The number of aliphatic hydroxyl groups is 1. The van der Waals surface area contributed by atoms with Gasteiger partial charge < -0.3 is 9.84 Å². The zero-order valence-corrected chi connectivity index (χ0v) is 12.8. The topological polar surface area (TPSA) is 72.6 Å². The highest BCUT2D eigenvalue weighted by Gasteiger charge is 2.19. The fourth-order valence-electron chi connectivity index (χ4n) is 2.62. The molecule has 0 saturated carbocycles. The Hall–Kier alpha value is -2.40. The van der Waals surface area contributed by atoms with E-state index in [0.29, 0.717) is 33.6 Å². The van der Waals surface area contributed by atoms with Crippen molar-refractivity contribution in [3.8, 4) is 5.75 Å². The normalized spacial score (nSPS) is 12.6. The van der Waals surface area contributed by atoms with Crippen molar-refractivity contribution >= 4 is 5.69 Å². The van der Waals surface area contributed by atoms with Crippen molar-refractivity contribution in [3.63, 3.8) is 0 Å². The molecule has 0 aromatic heterocycles. The molecule has 2 aromatic carbocycles. The quantitative estimate of drug-likeness (QED) is 0.691. The molecule has 1 unspecified atom stereocenters. The van der Waals surface area contributed by atoms with E-state index in [1.54, 1.807) is 32.0 Å². The lowest BCUT2D eigenvalue weighted by molar-refractivity contribution is -0.385. The van der Waals surface area contributed by atoms with Gasteiger partial charge in [0.1, 0.15) is 11.9 Å². The third kappa shape index (κ3) is 2.94. The van der Waals surface area contributed by atoms with Gasteiger partial charge in [0.15, 0.2) is 0 Å². The Bertz CT molecular complexity index is 722. The van der Waals surface area contributed by atoms with Gasteiger partial charge in [-0.15, -0.1) is 0 Å². The van der Waals surface area contributed by atoms with Crippen molar-refractivity contribution in [2.45, 2.75) is 26.9 Å². The average molecular weight is 302 g/mol. The lowest BCUT2D eigenvalue weighted by atomic mass is 9.92. The fraction of sp³-hybridized carbons (Fsp3) is 0.294. The van der Waals surface area contributed by atoms with E-state index in [-0.39, 0.29) is 12.6 Å². The van der Waals surface area contributed by atoms with E-state index in [1.165, 1.54) is 19.2 Å². The highest BCUT2D eigenvalue weighted by Crippen LogP contribution is 2.32. The Balaban J connectivity index is 2.48. The minimum absolute atomic E-state index is 0.0116. The first kappa shape index (κ1) is 14.5. The molecule has 1 atom stereocenters. The van der Waals surface area contributed by atoms with Crippen LogP contribution in [0.3, 0.4) is 0 Å². The Morgan fingerprint density at radius 1 is 1.23 bits per heavy atom. The monoisotopic (exact) mass is 302 g/mol. The maximum absolute atomic E-state index is 10.9. The molecule has 0 aliphatic carbocycles. The molecule has 0 fully saturated rings. The summed E-state index contributed by atoms with van der Waals surface area (Å²) >= 11 is 0. The molecule has 0 bridgehead atoms. The van der Waals surface area contributed by atoms with E-state index in [1.807, 2.05) is 0 Å². The summed E-state index contributed by atoms with van der Waals surface area (Å²) in [6.07, 6.45) is -0.910. The molecular weight excluding hydrogens is 282 g/mol. The first-order chi connectivity index (χ1) is 10.9. The van der Waals surface area contributed by atoms with Gasteiger partial charge in [-0.2, -0.15) is 0 Å². The van der Waals surface area contributed by atoms with Crippen LogP contribution in [0.25, 0.3) is 0 Å². The van der Waals surface area contributed by atoms with Gasteiger partial charge in [-0.1, -0.05) is 6.07 Å². The second kappa shape index (κ2) is 6.15. The number of hydrogen-bond donors (Lipinski definition) is 1. The zero-order chi connectivity index (χ0) is 17.1. The van der Waals surface area contributed by atoms with Gasteiger partial charge >= 0.3 is 0 Å². The van der Waals surface area contributed by atoms with E-state index in [9.17, 15) is 15.2 Å². The van der Waals surface area contributed by atoms with E-state index in [2.05, 4.69) is 0 Å². The second-order valence-electron chi connectivity index (χ2n) is 5.22. The Kier molecular flexibility index (Phi) is 4.06. The van der Waals surface area contributed by atoms with Gasteiger partial charge in [0.05, 0.1) is 12.0 Å². The molecule has 2 rings (SSSR count). The Morgan fingerprint density at radius 2 is 1.86 bits per heavy atom. The lowest BCUT2D eigenvalue weighted by Gasteiger charge is -2.18. The first-order valence-corrected chi connectivity index (χ1v) is 6.78. The molecule has 0 spiro atoms. The SMILES string of the molecule is [2H]Cc1cc(C(O)c2c(C)cc([N+](=O)[O-])cc2C)ccc1OC. The van der Waals surface area contributed by atoms with Crippen LogP contribution in [-0.2, 0) is 0 Å². The van der Waals surface area contributed by atoms with Gasteiger partial charge in [-0.05, 0) is 60.7 Å². The molecule has 116 valence electrons. The molecule has 2 aromatic rings. The lowest BCUT2D eigenvalue weighted by Crippen LogP contribution is -2.06. The third-order valence-corrected chi connectivity index (χ3v) is 3.68. The zero-order valence-electron chi connectivity index (χ0n) is 13.8.